The number of ether oxygens (including phenoxy) is 1. The number of carbonyl (C=O) groups excluding carboxylic acids is 1. The molecule has 1 saturated heterocycles. The number of halogens is 3. The van der Waals surface area contributed by atoms with Crippen molar-refractivity contribution in [3.8, 4) is 22.4 Å². The quantitative estimate of drug-likeness (QED) is 0.296. The Morgan fingerprint density at radius 3 is 2.39 bits per heavy atom. The van der Waals surface area contributed by atoms with Crippen molar-refractivity contribution < 1.29 is 22.7 Å². The Morgan fingerprint density at radius 2 is 1.71 bits per heavy atom. The first-order valence-electron chi connectivity index (χ1n) is 12.6. The van der Waals surface area contributed by atoms with E-state index in [1.807, 2.05) is 49.4 Å². The number of carbonyl (C=O) groups is 1. The molecule has 1 N–H and O–H groups in total. The molecule has 0 aliphatic carbocycles. The first kappa shape index (κ1) is 25.6. The van der Waals surface area contributed by atoms with E-state index in [-0.39, 0.29) is 18.6 Å². The predicted molar refractivity (Wildman–Crippen MR) is 139 cm³/mol. The lowest BCUT2D eigenvalue weighted by molar-refractivity contribution is -0.137. The number of rotatable bonds is 5. The maximum atomic E-state index is 13.5. The minimum atomic E-state index is -4.43. The fourth-order valence-electron chi connectivity index (χ4n) is 5.13. The molecule has 0 atom stereocenters. The number of aromatic amines is 1. The van der Waals surface area contributed by atoms with Crippen LogP contribution in [0.4, 0.5) is 18.0 Å². The first-order chi connectivity index (χ1) is 18.3. The fraction of sp³-hybridized carbons (Fsp3) is 0.267. The van der Waals surface area contributed by atoms with Crippen LogP contribution in [-0.4, -0.2) is 34.1 Å². The van der Waals surface area contributed by atoms with Crippen LogP contribution in [0, 0.1) is 6.92 Å². The molecule has 2 aromatic carbocycles. The van der Waals surface area contributed by atoms with E-state index in [0.29, 0.717) is 24.3 Å². The van der Waals surface area contributed by atoms with Crippen LogP contribution in [0.25, 0.3) is 22.4 Å². The Bertz CT molecular complexity index is 1390. The molecule has 5 rings (SSSR count). The average Bonchev–Trinajstić information content (AvgIpc) is 3.29. The second-order valence-electron chi connectivity index (χ2n) is 9.53. The van der Waals surface area contributed by atoms with Crippen molar-refractivity contribution in [2.45, 2.75) is 38.5 Å². The van der Waals surface area contributed by atoms with E-state index in [4.69, 9.17) is 4.74 Å². The van der Waals surface area contributed by atoms with Gasteiger partial charge >= 0.3 is 12.3 Å². The van der Waals surface area contributed by atoms with Gasteiger partial charge in [-0.3, -0.25) is 4.98 Å². The molecular formula is C30H28F3N3O2. The third-order valence-electron chi connectivity index (χ3n) is 7.10. The first-order valence-corrected chi connectivity index (χ1v) is 12.6. The normalized spacial score (nSPS) is 14.5. The Kier molecular flexibility index (Phi) is 7.22. The highest BCUT2D eigenvalue weighted by Gasteiger charge is 2.32. The van der Waals surface area contributed by atoms with Crippen LogP contribution in [0.5, 0.6) is 0 Å². The van der Waals surface area contributed by atoms with Gasteiger partial charge in [-0.15, -0.1) is 0 Å². The molecule has 0 radical (unpaired) electrons. The van der Waals surface area contributed by atoms with Gasteiger partial charge in [-0.25, -0.2) is 4.79 Å². The lowest BCUT2D eigenvalue weighted by Gasteiger charge is -2.31. The van der Waals surface area contributed by atoms with Crippen molar-refractivity contribution in [1.29, 1.82) is 0 Å². The van der Waals surface area contributed by atoms with Crippen LogP contribution < -0.4 is 0 Å². The number of nitrogens with zero attached hydrogens (tertiary/aromatic N) is 2. The maximum Gasteiger partial charge on any atom is 0.416 e. The molecule has 5 nitrogen and oxygen atoms in total. The Labute approximate surface area is 219 Å². The van der Waals surface area contributed by atoms with Crippen molar-refractivity contribution in [3.63, 3.8) is 0 Å². The average molecular weight is 520 g/mol. The van der Waals surface area contributed by atoms with Crippen LogP contribution >= 0.6 is 0 Å². The Balaban J connectivity index is 1.38. The highest BCUT2D eigenvalue weighted by molar-refractivity contribution is 5.85. The fourth-order valence-corrected chi connectivity index (χ4v) is 5.13. The second-order valence-corrected chi connectivity index (χ2v) is 9.53. The number of piperidine rings is 1. The van der Waals surface area contributed by atoms with Gasteiger partial charge in [0, 0.05) is 42.7 Å². The number of alkyl halides is 3. The van der Waals surface area contributed by atoms with E-state index in [0.717, 1.165) is 46.9 Å². The number of nitrogens with one attached hydrogen (secondary N) is 1. The van der Waals surface area contributed by atoms with Gasteiger partial charge in [0.1, 0.15) is 6.61 Å². The summed E-state index contributed by atoms with van der Waals surface area (Å²) in [5.41, 5.74) is 5.11. The SMILES string of the molecule is Cc1c(C2CCN(C(=O)OCc3ccccc3)CC2)[nH]c(-c2cccc(C(F)(F)F)c2)c1-c1ccncc1. The highest BCUT2D eigenvalue weighted by Crippen LogP contribution is 2.42. The number of H-pyrrole nitrogens is 1. The standard InChI is InChI=1S/C30H28F3N3O2/c1-20-26(22-10-14-34-15-11-22)28(24-8-5-9-25(18-24)30(31,32)33)35-27(20)23-12-16-36(17-13-23)29(37)38-19-21-6-3-2-4-7-21/h2-11,14-15,18,23,35H,12-13,16-17,19H2,1H3. The number of hydrogen-bond acceptors (Lipinski definition) is 3. The van der Waals surface area contributed by atoms with E-state index in [2.05, 4.69) is 9.97 Å². The molecule has 1 aliphatic heterocycles. The summed E-state index contributed by atoms with van der Waals surface area (Å²) in [6, 6.07) is 18.7. The molecular weight excluding hydrogens is 491 g/mol. The smallest absolute Gasteiger partial charge is 0.416 e. The highest BCUT2D eigenvalue weighted by atomic mass is 19.4. The van der Waals surface area contributed by atoms with Gasteiger partial charge in [-0.1, -0.05) is 42.5 Å². The van der Waals surface area contributed by atoms with Crippen molar-refractivity contribution >= 4 is 6.09 Å². The summed E-state index contributed by atoms with van der Waals surface area (Å²) in [4.78, 5) is 21.9. The van der Waals surface area contributed by atoms with Crippen molar-refractivity contribution in [2.75, 3.05) is 13.1 Å². The van der Waals surface area contributed by atoms with Gasteiger partial charge in [0.05, 0.1) is 11.3 Å². The summed E-state index contributed by atoms with van der Waals surface area (Å²) < 4.78 is 45.9. The van der Waals surface area contributed by atoms with E-state index in [9.17, 15) is 18.0 Å². The third kappa shape index (κ3) is 5.44. The molecule has 0 spiro atoms. The summed E-state index contributed by atoms with van der Waals surface area (Å²) in [7, 11) is 0. The van der Waals surface area contributed by atoms with Gasteiger partial charge in [-0.2, -0.15) is 13.2 Å². The van der Waals surface area contributed by atoms with E-state index >= 15 is 0 Å². The number of aromatic nitrogens is 2. The van der Waals surface area contributed by atoms with E-state index in [1.54, 1.807) is 23.4 Å². The topological polar surface area (TPSA) is 58.2 Å². The van der Waals surface area contributed by atoms with Crippen LogP contribution in [-0.2, 0) is 17.5 Å². The largest absolute Gasteiger partial charge is 0.445 e. The maximum absolute atomic E-state index is 13.5. The molecule has 0 unspecified atom stereocenters. The van der Waals surface area contributed by atoms with E-state index < -0.39 is 11.7 Å². The van der Waals surface area contributed by atoms with Crippen LogP contribution in [0.2, 0.25) is 0 Å². The molecule has 0 saturated carbocycles. The third-order valence-corrected chi connectivity index (χ3v) is 7.10. The van der Waals surface area contributed by atoms with Gasteiger partial charge in [0.2, 0.25) is 0 Å². The molecule has 1 fully saturated rings. The van der Waals surface area contributed by atoms with Crippen LogP contribution in [0.3, 0.4) is 0 Å². The molecule has 38 heavy (non-hydrogen) atoms. The predicted octanol–water partition coefficient (Wildman–Crippen LogP) is 7.59. The second kappa shape index (κ2) is 10.7. The molecule has 1 aliphatic rings. The Morgan fingerprint density at radius 1 is 1.00 bits per heavy atom. The van der Waals surface area contributed by atoms with Gasteiger partial charge in [0.15, 0.2) is 0 Å². The number of amides is 1. The summed E-state index contributed by atoms with van der Waals surface area (Å²) >= 11 is 0. The molecule has 1 amide bonds. The van der Waals surface area contributed by atoms with Crippen LogP contribution in [0.1, 0.15) is 41.1 Å². The van der Waals surface area contributed by atoms with Crippen molar-refractivity contribution in [3.05, 3.63) is 102 Å². The number of benzene rings is 2. The minimum absolute atomic E-state index is 0.133. The summed E-state index contributed by atoms with van der Waals surface area (Å²) in [5.74, 6) is 0.133. The summed E-state index contributed by atoms with van der Waals surface area (Å²) in [6.07, 6.45) is 0.0318. The summed E-state index contributed by atoms with van der Waals surface area (Å²) in [6.45, 7) is 3.31. The van der Waals surface area contributed by atoms with Gasteiger partial charge in [-0.05, 0) is 66.3 Å². The molecule has 0 bridgehead atoms. The van der Waals surface area contributed by atoms with E-state index in [1.165, 1.54) is 12.1 Å². The lowest BCUT2D eigenvalue weighted by atomic mass is 9.90. The zero-order valence-electron chi connectivity index (χ0n) is 21.0. The number of hydrogen-bond donors (Lipinski definition) is 1. The van der Waals surface area contributed by atoms with Crippen LogP contribution in [0.15, 0.2) is 79.1 Å². The molecule has 196 valence electrons. The lowest BCUT2D eigenvalue weighted by Crippen LogP contribution is -2.38. The van der Waals surface area contributed by atoms with Crippen molar-refractivity contribution in [1.82, 2.24) is 14.9 Å². The molecule has 4 aromatic rings. The zero-order valence-corrected chi connectivity index (χ0v) is 21.0. The minimum Gasteiger partial charge on any atom is -0.445 e. The molecule has 2 aromatic heterocycles. The Hall–Kier alpha value is -4.07. The zero-order chi connectivity index (χ0) is 26.7. The molecule has 3 heterocycles. The van der Waals surface area contributed by atoms with Gasteiger partial charge in [0.25, 0.3) is 0 Å². The molecule has 8 heteroatoms. The summed E-state index contributed by atoms with van der Waals surface area (Å²) in [5, 5.41) is 0. The van der Waals surface area contributed by atoms with Crippen molar-refractivity contribution in [2.24, 2.45) is 0 Å². The monoisotopic (exact) mass is 519 g/mol. The van der Waals surface area contributed by atoms with Gasteiger partial charge < -0.3 is 14.6 Å². The number of pyridine rings is 1. The number of likely N-dealkylation sites (tertiary alicyclic amines) is 1.